The van der Waals surface area contributed by atoms with E-state index in [2.05, 4.69) is 15.6 Å². The molecule has 1 aromatic rings. The van der Waals surface area contributed by atoms with Crippen LogP contribution in [0.4, 0.5) is 0 Å². The van der Waals surface area contributed by atoms with Crippen LogP contribution in [0.1, 0.15) is 5.56 Å². The highest BCUT2D eigenvalue weighted by Crippen LogP contribution is 2.25. The van der Waals surface area contributed by atoms with E-state index in [-0.39, 0.29) is 24.0 Å². The average Bonchev–Trinajstić information content (AvgIpc) is 2.31. The van der Waals surface area contributed by atoms with Gasteiger partial charge in [-0.25, -0.2) is 0 Å². The van der Waals surface area contributed by atoms with E-state index in [1.807, 2.05) is 18.2 Å². The average molecular weight is 370 g/mol. The lowest BCUT2D eigenvalue weighted by Gasteiger charge is -2.12. The van der Waals surface area contributed by atoms with Crippen LogP contribution in [0.25, 0.3) is 0 Å². The van der Waals surface area contributed by atoms with Gasteiger partial charge in [0, 0.05) is 31.2 Å². The molecule has 0 unspecified atom stereocenters. The van der Waals surface area contributed by atoms with Crippen molar-refractivity contribution in [3.8, 4) is 5.75 Å². The molecule has 0 aromatic heterocycles. The minimum atomic E-state index is 0. The molecule has 1 rings (SSSR count). The fourth-order valence-electron chi connectivity index (χ4n) is 1.35. The maximum Gasteiger partial charge on any atom is 0.190 e. The van der Waals surface area contributed by atoms with Crippen LogP contribution in [0, 0.1) is 0 Å². The van der Waals surface area contributed by atoms with Gasteiger partial charge in [-0.3, -0.25) is 4.99 Å². The second-order valence-electron chi connectivity index (χ2n) is 3.10. The normalized spacial score (nSPS) is 10.5. The maximum atomic E-state index is 6.10. The first-order valence-corrected chi connectivity index (χ1v) is 5.30. The Kier molecular flexibility index (Phi) is 8.07. The van der Waals surface area contributed by atoms with Gasteiger partial charge in [0.15, 0.2) is 5.96 Å². The van der Waals surface area contributed by atoms with Crippen LogP contribution in [0.3, 0.4) is 0 Å². The van der Waals surface area contributed by atoms with Crippen LogP contribution in [0.15, 0.2) is 23.2 Å². The monoisotopic (exact) mass is 369 g/mol. The first kappa shape index (κ1) is 16.3. The second kappa shape index (κ2) is 8.41. The molecule has 0 fully saturated rings. The standard InChI is InChI=1S/C11H16ClN3O.HI/c1-13-11(14-2)15-7-8-9(12)5-4-6-10(8)16-3;/h4-6H,7H2,1-3H3,(H2,13,14,15);1H. The van der Waals surface area contributed by atoms with Gasteiger partial charge in [-0.2, -0.15) is 0 Å². The molecule has 0 radical (unpaired) electrons. The summed E-state index contributed by atoms with van der Waals surface area (Å²) in [5.74, 6) is 1.48. The van der Waals surface area contributed by atoms with Crippen LogP contribution < -0.4 is 15.4 Å². The maximum absolute atomic E-state index is 6.10. The summed E-state index contributed by atoms with van der Waals surface area (Å²) < 4.78 is 5.24. The van der Waals surface area contributed by atoms with Gasteiger partial charge in [-0.05, 0) is 12.1 Å². The topological polar surface area (TPSA) is 45.7 Å². The summed E-state index contributed by atoms with van der Waals surface area (Å²) in [5.41, 5.74) is 0.920. The summed E-state index contributed by atoms with van der Waals surface area (Å²) >= 11 is 6.10. The highest BCUT2D eigenvalue weighted by molar-refractivity contribution is 14.0. The molecule has 0 spiro atoms. The van der Waals surface area contributed by atoms with Gasteiger partial charge in [0.2, 0.25) is 0 Å². The van der Waals surface area contributed by atoms with Crippen molar-refractivity contribution < 1.29 is 4.74 Å². The van der Waals surface area contributed by atoms with E-state index >= 15 is 0 Å². The van der Waals surface area contributed by atoms with Crippen LogP contribution in [0.2, 0.25) is 5.02 Å². The van der Waals surface area contributed by atoms with Gasteiger partial charge >= 0.3 is 0 Å². The number of benzene rings is 1. The Bertz CT molecular complexity index is 385. The summed E-state index contributed by atoms with van der Waals surface area (Å²) in [6.07, 6.45) is 0. The number of methoxy groups -OCH3 is 1. The van der Waals surface area contributed by atoms with Crippen LogP contribution in [-0.4, -0.2) is 27.2 Å². The van der Waals surface area contributed by atoms with Gasteiger partial charge in [0.25, 0.3) is 0 Å². The lowest BCUT2D eigenvalue weighted by molar-refractivity contribution is 0.409. The summed E-state index contributed by atoms with van der Waals surface area (Å²) in [7, 11) is 5.14. The second-order valence-corrected chi connectivity index (χ2v) is 3.50. The van der Waals surface area contributed by atoms with E-state index in [4.69, 9.17) is 16.3 Å². The van der Waals surface area contributed by atoms with E-state index in [9.17, 15) is 0 Å². The van der Waals surface area contributed by atoms with Gasteiger partial charge in [-0.1, -0.05) is 17.7 Å². The van der Waals surface area contributed by atoms with Crippen molar-refractivity contribution in [2.24, 2.45) is 4.99 Å². The third kappa shape index (κ3) is 4.59. The van der Waals surface area contributed by atoms with Gasteiger partial charge in [0.1, 0.15) is 5.75 Å². The van der Waals surface area contributed by atoms with E-state index < -0.39 is 0 Å². The third-order valence-corrected chi connectivity index (χ3v) is 2.54. The number of nitrogens with one attached hydrogen (secondary N) is 2. The largest absolute Gasteiger partial charge is 0.496 e. The first-order valence-electron chi connectivity index (χ1n) is 4.92. The van der Waals surface area contributed by atoms with E-state index in [0.29, 0.717) is 17.5 Å². The van der Waals surface area contributed by atoms with Crippen molar-refractivity contribution in [1.82, 2.24) is 10.6 Å². The number of hydrogen-bond donors (Lipinski definition) is 2. The van der Waals surface area contributed by atoms with Crippen molar-refractivity contribution >= 4 is 41.5 Å². The van der Waals surface area contributed by atoms with Crippen LogP contribution in [-0.2, 0) is 6.54 Å². The molecule has 0 aliphatic heterocycles. The molecular weight excluding hydrogens is 352 g/mol. The first-order chi connectivity index (χ1) is 7.72. The zero-order chi connectivity index (χ0) is 12.0. The molecule has 6 heteroatoms. The van der Waals surface area contributed by atoms with Gasteiger partial charge in [-0.15, -0.1) is 24.0 Å². The third-order valence-electron chi connectivity index (χ3n) is 2.19. The molecule has 0 bridgehead atoms. The highest BCUT2D eigenvalue weighted by atomic mass is 127. The zero-order valence-electron chi connectivity index (χ0n) is 10.1. The van der Waals surface area contributed by atoms with Gasteiger partial charge in [0.05, 0.1) is 7.11 Å². The minimum absolute atomic E-state index is 0. The molecule has 0 saturated heterocycles. The molecule has 1 aromatic carbocycles. The van der Waals surface area contributed by atoms with E-state index in [1.165, 1.54) is 0 Å². The molecule has 0 amide bonds. The molecule has 96 valence electrons. The summed E-state index contributed by atoms with van der Waals surface area (Å²) in [4.78, 5) is 4.02. The molecular formula is C11H17ClIN3O. The van der Waals surface area contributed by atoms with Crippen LogP contribution >= 0.6 is 35.6 Å². The predicted octanol–water partition coefficient (Wildman–Crippen LogP) is 2.26. The summed E-state index contributed by atoms with van der Waals surface area (Å²) in [5, 5.41) is 6.74. The highest BCUT2D eigenvalue weighted by Gasteiger charge is 2.07. The Labute approximate surface area is 124 Å². The number of rotatable bonds is 3. The molecule has 0 saturated carbocycles. The Balaban J connectivity index is 0.00000256. The van der Waals surface area contributed by atoms with E-state index in [1.54, 1.807) is 21.2 Å². The Hall–Kier alpha value is -0.690. The van der Waals surface area contributed by atoms with Crippen molar-refractivity contribution in [2.75, 3.05) is 21.2 Å². The lowest BCUT2D eigenvalue weighted by atomic mass is 10.2. The summed E-state index contributed by atoms with van der Waals surface area (Å²) in [6.45, 7) is 0.566. The fourth-order valence-corrected chi connectivity index (χ4v) is 1.59. The Morgan fingerprint density at radius 2 is 2.18 bits per heavy atom. The lowest BCUT2D eigenvalue weighted by Crippen LogP contribution is -2.34. The molecule has 0 atom stereocenters. The van der Waals surface area contributed by atoms with Crippen molar-refractivity contribution in [1.29, 1.82) is 0 Å². The molecule has 4 nitrogen and oxygen atoms in total. The minimum Gasteiger partial charge on any atom is -0.496 e. The van der Waals surface area contributed by atoms with Crippen molar-refractivity contribution in [2.45, 2.75) is 6.54 Å². The number of halogens is 2. The summed E-state index contributed by atoms with van der Waals surface area (Å²) in [6, 6.07) is 5.58. The molecule has 0 aliphatic carbocycles. The number of hydrogen-bond acceptors (Lipinski definition) is 2. The van der Waals surface area contributed by atoms with Gasteiger partial charge < -0.3 is 15.4 Å². The van der Waals surface area contributed by atoms with Crippen molar-refractivity contribution in [3.05, 3.63) is 28.8 Å². The Morgan fingerprint density at radius 1 is 1.47 bits per heavy atom. The van der Waals surface area contributed by atoms with Crippen LogP contribution in [0.5, 0.6) is 5.75 Å². The number of nitrogens with zero attached hydrogens (tertiary/aromatic N) is 1. The molecule has 2 N–H and O–H groups in total. The predicted molar refractivity (Wildman–Crippen MR) is 82.7 cm³/mol. The quantitative estimate of drug-likeness (QED) is 0.488. The number of guanidine groups is 1. The molecule has 0 aliphatic rings. The number of aliphatic imine (C=N–C) groups is 1. The smallest absolute Gasteiger partial charge is 0.190 e. The number of ether oxygens (including phenoxy) is 1. The van der Waals surface area contributed by atoms with E-state index in [0.717, 1.165) is 11.3 Å². The zero-order valence-corrected chi connectivity index (χ0v) is 13.2. The molecule has 17 heavy (non-hydrogen) atoms. The van der Waals surface area contributed by atoms with Crippen molar-refractivity contribution in [3.63, 3.8) is 0 Å². The molecule has 0 heterocycles. The SMILES string of the molecule is CN=C(NC)NCc1c(Cl)cccc1OC.I. The Morgan fingerprint density at radius 3 is 2.71 bits per heavy atom. The fraction of sp³-hybridized carbons (Fsp3) is 0.364.